The van der Waals surface area contributed by atoms with Gasteiger partial charge in [0, 0.05) is 41.2 Å². The van der Waals surface area contributed by atoms with Gasteiger partial charge in [-0.1, -0.05) is 25.1 Å². The van der Waals surface area contributed by atoms with Gasteiger partial charge >= 0.3 is 0 Å². The van der Waals surface area contributed by atoms with Crippen LogP contribution in [-0.2, 0) is 4.79 Å². The summed E-state index contributed by atoms with van der Waals surface area (Å²) in [7, 11) is 0. The van der Waals surface area contributed by atoms with Crippen LogP contribution >= 0.6 is 11.3 Å². The summed E-state index contributed by atoms with van der Waals surface area (Å²) in [6.07, 6.45) is 1.67. The number of nitrogens with one attached hydrogen (secondary N) is 1. The first-order chi connectivity index (χ1) is 10.2. The number of nitrogens with zero attached hydrogens (tertiary/aromatic N) is 1. The molecule has 2 heterocycles. The summed E-state index contributed by atoms with van der Waals surface area (Å²) in [5.41, 5.74) is 0. The van der Waals surface area contributed by atoms with Crippen LogP contribution in [0, 0.1) is 0 Å². The first-order valence-electron chi connectivity index (χ1n) is 7.69. The van der Waals surface area contributed by atoms with Crippen LogP contribution in [0.25, 0.3) is 10.1 Å². The van der Waals surface area contributed by atoms with Gasteiger partial charge in [0.2, 0.25) is 5.91 Å². The molecule has 1 fully saturated rings. The number of likely N-dealkylation sites (tertiary alicyclic amines) is 1. The third kappa shape index (κ3) is 3.11. The Hall–Kier alpha value is -1.39. The van der Waals surface area contributed by atoms with Crippen molar-refractivity contribution in [2.75, 3.05) is 13.1 Å². The molecule has 0 bridgehead atoms. The van der Waals surface area contributed by atoms with Gasteiger partial charge in [-0.05, 0) is 30.9 Å². The topological polar surface area (TPSA) is 32.3 Å². The first-order valence-corrected chi connectivity index (χ1v) is 8.51. The number of carbonyl (C=O) groups is 1. The SMILES string of the molecule is CCC(=O)N1CC[C@H](N[C@@H](C)c2cc3ccccc3s2)C1. The molecule has 0 aliphatic carbocycles. The summed E-state index contributed by atoms with van der Waals surface area (Å²) >= 11 is 1.86. The molecule has 1 amide bonds. The van der Waals surface area contributed by atoms with Gasteiger partial charge in [0.25, 0.3) is 0 Å². The molecule has 2 atom stereocenters. The maximum Gasteiger partial charge on any atom is 0.222 e. The van der Waals surface area contributed by atoms with E-state index in [0.717, 1.165) is 19.5 Å². The van der Waals surface area contributed by atoms with Crippen LogP contribution in [0.1, 0.15) is 37.6 Å². The van der Waals surface area contributed by atoms with E-state index in [9.17, 15) is 4.79 Å². The van der Waals surface area contributed by atoms with Crippen molar-refractivity contribution in [1.29, 1.82) is 0 Å². The monoisotopic (exact) mass is 302 g/mol. The quantitative estimate of drug-likeness (QED) is 0.936. The van der Waals surface area contributed by atoms with E-state index in [2.05, 4.69) is 42.6 Å². The average molecular weight is 302 g/mol. The molecular weight excluding hydrogens is 280 g/mol. The Morgan fingerprint density at radius 3 is 3.05 bits per heavy atom. The minimum atomic E-state index is 0.272. The number of amides is 1. The summed E-state index contributed by atoms with van der Waals surface area (Å²) in [6, 6.07) is 11.5. The third-order valence-corrected chi connectivity index (χ3v) is 5.50. The molecule has 0 saturated carbocycles. The molecule has 1 saturated heterocycles. The molecular formula is C17H22N2OS. The van der Waals surface area contributed by atoms with E-state index in [4.69, 9.17) is 0 Å². The summed E-state index contributed by atoms with van der Waals surface area (Å²) in [6.45, 7) is 5.89. The Balaban J connectivity index is 1.64. The summed E-state index contributed by atoms with van der Waals surface area (Å²) in [4.78, 5) is 15.1. The summed E-state index contributed by atoms with van der Waals surface area (Å²) < 4.78 is 1.34. The van der Waals surface area contributed by atoms with E-state index in [1.807, 2.05) is 23.2 Å². The largest absolute Gasteiger partial charge is 0.341 e. The molecule has 2 aromatic rings. The van der Waals surface area contributed by atoms with Crippen molar-refractivity contribution in [3.8, 4) is 0 Å². The van der Waals surface area contributed by atoms with Gasteiger partial charge in [-0.3, -0.25) is 4.79 Å². The summed E-state index contributed by atoms with van der Waals surface area (Å²) in [5, 5.41) is 5.00. The van der Waals surface area contributed by atoms with Gasteiger partial charge in [0.1, 0.15) is 0 Å². The highest BCUT2D eigenvalue weighted by Gasteiger charge is 2.26. The predicted octanol–water partition coefficient (Wildman–Crippen LogP) is 3.56. The Morgan fingerprint density at radius 1 is 1.48 bits per heavy atom. The number of hydrogen-bond donors (Lipinski definition) is 1. The van der Waals surface area contributed by atoms with Crippen molar-refractivity contribution in [3.05, 3.63) is 35.2 Å². The van der Waals surface area contributed by atoms with Crippen LogP contribution in [0.15, 0.2) is 30.3 Å². The van der Waals surface area contributed by atoms with Crippen molar-refractivity contribution in [2.24, 2.45) is 0 Å². The predicted molar refractivity (Wildman–Crippen MR) is 88.7 cm³/mol. The number of benzene rings is 1. The first kappa shape index (κ1) is 14.5. The Bertz CT molecular complexity index is 604. The lowest BCUT2D eigenvalue weighted by atomic mass is 10.2. The number of carbonyl (C=O) groups excluding carboxylic acids is 1. The van der Waals surface area contributed by atoms with Crippen LogP contribution in [0.2, 0.25) is 0 Å². The molecule has 0 spiro atoms. The van der Waals surface area contributed by atoms with Crippen molar-refractivity contribution in [1.82, 2.24) is 10.2 Å². The van der Waals surface area contributed by atoms with Gasteiger partial charge in [0.05, 0.1) is 0 Å². The molecule has 1 aromatic carbocycles. The van der Waals surface area contributed by atoms with Crippen molar-refractivity contribution in [3.63, 3.8) is 0 Å². The molecule has 4 heteroatoms. The van der Waals surface area contributed by atoms with Crippen molar-refractivity contribution >= 4 is 27.3 Å². The van der Waals surface area contributed by atoms with Gasteiger partial charge in [0.15, 0.2) is 0 Å². The van der Waals surface area contributed by atoms with Crippen LogP contribution < -0.4 is 5.32 Å². The zero-order valence-electron chi connectivity index (χ0n) is 12.6. The minimum Gasteiger partial charge on any atom is -0.341 e. The highest BCUT2D eigenvalue weighted by atomic mass is 32.1. The smallest absolute Gasteiger partial charge is 0.222 e. The van der Waals surface area contributed by atoms with Crippen molar-refractivity contribution in [2.45, 2.75) is 38.8 Å². The van der Waals surface area contributed by atoms with E-state index in [0.29, 0.717) is 18.5 Å². The highest BCUT2D eigenvalue weighted by molar-refractivity contribution is 7.19. The van der Waals surface area contributed by atoms with E-state index < -0.39 is 0 Å². The molecule has 3 rings (SSSR count). The average Bonchev–Trinajstić information content (AvgIpc) is 3.12. The van der Waals surface area contributed by atoms with Crippen LogP contribution in [0.3, 0.4) is 0 Å². The fourth-order valence-corrected chi connectivity index (χ4v) is 4.07. The zero-order chi connectivity index (χ0) is 14.8. The second kappa shape index (κ2) is 6.16. The lowest BCUT2D eigenvalue weighted by Gasteiger charge is -2.19. The lowest BCUT2D eigenvalue weighted by molar-refractivity contribution is -0.129. The van der Waals surface area contributed by atoms with Crippen LogP contribution in [-0.4, -0.2) is 29.9 Å². The Labute approximate surface area is 130 Å². The van der Waals surface area contributed by atoms with E-state index in [1.54, 1.807) is 0 Å². The second-order valence-corrected chi connectivity index (χ2v) is 6.87. The third-order valence-electron chi connectivity index (χ3n) is 4.20. The van der Waals surface area contributed by atoms with E-state index >= 15 is 0 Å². The zero-order valence-corrected chi connectivity index (χ0v) is 13.5. The number of thiophene rings is 1. The van der Waals surface area contributed by atoms with E-state index in [1.165, 1.54) is 15.0 Å². The maximum atomic E-state index is 11.7. The molecule has 0 radical (unpaired) electrons. The number of rotatable bonds is 4. The molecule has 1 aromatic heterocycles. The Morgan fingerprint density at radius 2 is 2.29 bits per heavy atom. The van der Waals surface area contributed by atoms with Crippen molar-refractivity contribution < 1.29 is 4.79 Å². The normalized spacial score (nSPS) is 20.1. The van der Waals surface area contributed by atoms with Gasteiger partial charge < -0.3 is 10.2 Å². The number of hydrogen-bond acceptors (Lipinski definition) is 3. The molecule has 0 unspecified atom stereocenters. The van der Waals surface area contributed by atoms with Crippen LogP contribution in [0.4, 0.5) is 0 Å². The molecule has 112 valence electrons. The fraction of sp³-hybridized carbons (Fsp3) is 0.471. The molecule has 1 aliphatic rings. The van der Waals surface area contributed by atoms with Gasteiger partial charge in [-0.2, -0.15) is 0 Å². The number of fused-ring (bicyclic) bond motifs is 1. The van der Waals surface area contributed by atoms with Crippen LogP contribution in [0.5, 0.6) is 0 Å². The highest BCUT2D eigenvalue weighted by Crippen LogP contribution is 2.30. The van der Waals surface area contributed by atoms with Gasteiger partial charge in [-0.15, -0.1) is 11.3 Å². The molecule has 1 aliphatic heterocycles. The second-order valence-electron chi connectivity index (χ2n) is 5.75. The maximum absolute atomic E-state index is 11.7. The Kier molecular flexibility index (Phi) is 4.27. The minimum absolute atomic E-state index is 0.272. The fourth-order valence-electron chi connectivity index (χ4n) is 3.00. The summed E-state index contributed by atoms with van der Waals surface area (Å²) in [5.74, 6) is 0.272. The molecule has 1 N–H and O–H groups in total. The standard InChI is InChI=1S/C17H22N2OS/c1-3-17(20)19-9-8-14(11-19)18-12(2)16-10-13-6-4-5-7-15(13)21-16/h4-7,10,12,14,18H,3,8-9,11H2,1-2H3/t12-,14-/m0/s1. The van der Waals surface area contributed by atoms with Gasteiger partial charge in [-0.25, -0.2) is 0 Å². The lowest BCUT2D eigenvalue weighted by Crippen LogP contribution is -2.35. The molecule has 21 heavy (non-hydrogen) atoms. The van der Waals surface area contributed by atoms with E-state index in [-0.39, 0.29) is 5.91 Å². The molecule has 3 nitrogen and oxygen atoms in total.